The number of Topliss-reactive ketones (excluding diaryl/α,β-unsaturated/α-hetero) is 1. The lowest BCUT2D eigenvalue weighted by Gasteiger charge is -2.26. The molecule has 0 aliphatic heterocycles. The molecule has 1 aromatic carbocycles. The molecule has 0 bridgehead atoms. The van der Waals surface area contributed by atoms with Gasteiger partial charge in [0.15, 0.2) is 5.78 Å². The lowest BCUT2D eigenvalue weighted by atomic mass is 9.81. The van der Waals surface area contributed by atoms with Gasteiger partial charge in [0.1, 0.15) is 0 Å². The molecule has 0 radical (unpaired) electrons. The third-order valence-electron chi connectivity index (χ3n) is 4.22. The van der Waals surface area contributed by atoms with Crippen LogP contribution in [0, 0.1) is 5.92 Å². The minimum absolute atomic E-state index is 0.0161. The fourth-order valence-corrected chi connectivity index (χ4v) is 2.95. The number of hydrogen-bond acceptors (Lipinski definition) is 3. The first-order valence-electron chi connectivity index (χ1n) is 7.70. The fourth-order valence-electron chi connectivity index (χ4n) is 2.95. The van der Waals surface area contributed by atoms with Crippen LogP contribution in [0.25, 0.3) is 0 Å². The molecule has 1 unspecified atom stereocenters. The maximum absolute atomic E-state index is 12.3. The molecule has 4 heteroatoms. The molecule has 1 amide bonds. The topological polar surface area (TPSA) is 57.6 Å². The van der Waals surface area contributed by atoms with Crippen LogP contribution in [0.2, 0.25) is 0 Å². The van der Waals surface area contributed by atoms with Gasteiger partial charge in [-0.05, 0) is 43.0 Å². The first-order chi connectivity index (χ1) is 10.1. The molecule has 0 saturated carbocycles. The number of amides is 1. The van der Waals surface area contributed by atoms with Gasteiger partial charge in [0.25, 0.3) is 0 Å². The van der Waals surface area contributed by atoms with Gasteiger partial charge in [-0.3, -0.25) is 9.59 Å². The van der Waals surface area contributed by atoms with E-state index in [0.29, 0.717) is 6.42 Å². The molecule has 0 fully saturated rings. The van der Waals surface area contributed by atoms with Gasteiger partial charge in [0.05, 0.1) is 6.61 Å². The van der Waals surface area contributed by atoms with Crippen molar-refractivity contribution in [3.8, 4) is 0 Å². The average molecular weight is 289 g/mol. The Labute approximate surface area is 125 Å². The molecule has 1 aliphatic rings. The van der Waals surface area contributed by atoms with E-state index in [9.17, 15) is 9.59 Å². The van der Waals surface area contributed by atoms with Crippen molar-refractivity contribution in [3.63, 3.8) is 0 Å². The predicted octanol–water partition coefficient (Wildman–Crippen LogP) is 2.58. The third-order valence-corrected chi connectivity index (χ3v) is 4.22. The Balaban J connectivity index is 2.32. The van der Waals surface area contributed by atoms with E-state index in [-0.39, 0.29) is 30.8 Å². The molecule has 114 valence electrons. The zero-order valence-corrected chi connectivity index (χ0v) is 12.8. The van der Waals surface area contributed by atoms with Crippen LogP contribution in [0.1, 0.15) is 49.0 Å². The number of aliphatic hydroxyl groups excluding tert-OH is 1. The van der Waals surface area contributed by atoms with Crippen molar-refractivity contribution < 1.29 is 14.7 Å². The van der Waals surface area contributed by atoms with E-state index in [1.165, 1.54) is 0 Å². The van der Waals surface area contributed by atoms with Crippen LogP contribution < -0.4 is 4.90 Å². The molecule has 1 N–H and O–H groups in total. The number of fused-ring (bicyclic) bond motifs is 1. The average Bonchev–Trinajstić information content (AvgIpc) is 2.52. The molecule has 1 atom stereocenters. The highest BCUT2D eigenvalue weighted by Gasteiger charge is 2.26. The van der Waals surface area contributed by atoms with Gasteiger partial charge in [-0.2, -0.15) is 0 Å². The number of carbonyl (C=O) groups is 2. The Morgan fingerprint density at radius 3 is 2.76 bits per heavy atom. The number of hydrogen-bond donors (Lipinski definition) is 1. The van der Waals surface area contributed by atoms with Gasteiger partial charge in [0, 0.05) is 30.1 Å². The Bertz CT molecular complexity index is 539. The van der Waals surface area contributed by atoms with Crippen LogP contribution in [-0.4, -0.2) is 29.9 Å². The Morgan fingerprint density at radius 2 is 2.14 bits per heavy atom. The highest BCUT2D eigenvalue weighted by Crippen LogP contribution is 2.30. The summed E-state index contributed by atoms with van der Waals surface area (Å²) in [5.74, 6) is 0.340. The summed E-state index contributed by atoms with van der Waals surface area (Å²) in [5.41, 5.74) is 2.59. The fraction of sp³-hybridized carbons (Fsp3) is 0.529. The van der Waals surface area contributed by atoms with Gasteiger partial charge in [-0.25, -0.2) is 0 Å². The molecular formula is C17H23NO3. The van der Waals surface area contributed by atoms with Gasteiger partial charge in [0.2, 0.25) is 5.91 Å². The highest BCUT2D eigenvalue weighted by atomic mass is 16.3. The lowest BCUT2D eigenvalue weighted by molar-refractivity contribution is -0.118. The van der Waals surface area contributed by atoms with Gasteiger partial charge in [-0.15, -0.1) is 0 Å². The normalized spacial score (nSPS) is 17.5. The van der Waals surface area contributed by atoms with E-state index in [1.807, 2.05) is 25.1 Å². The van der Waals surface area contributed by atoms with Crippen molar-refractivity contribution in [1.29, 1.82) is 0 Å². The van der Waals surface area contributed by atoms with Crippen molar-refractivity contribution >= 4 is 17.4 Å². The van der Waals surface area contributed by atoms with Crippen LogP contribution in [0.3, 0.4) is 0 Å². The highest BCUT2D eigenvalue weighted by molar-refractivity contribution is 6.01. The lowest BCUT2D eigenvalue weighted by Crippen LogP contribution is -2.33. The van der Waals surface area contributed by atoms with Crippen molar-refractivity contribution in [2.24, 2.45) is 5.92 Å². The number of aliphatic hydroxyl groups is 1. The minimum atomic E-state index is -0.0698. The van der Waals surface area contributed by atoms with Crippen LogP contribution in [0.5, 0.6) is 0 Å². The van der Waals surface area contributed by atoms with E-state index < -0.39 is 0 Å². The number of benzene rings is 1. The molecule has 1 aliphatic carbocycles. The molecule has 21 heavy (non-hydrogen) atoms. The summed E-state index contributed by atoms with van der Waals surface area (Å²) < 4.78 is 0. The van der Waals surface area contributed by atoms with Crippen molar-refractivity contribution in [2.45, 2.75) is 39.5 Å². The largest absolute Gasteiger partial charge is 0.395 e. The molecular weight excluding hydrogens is 266 g/mol. The molecule has 2 rings (SSSR count). The van der Waals surface area contributed by atoms with Crippen molar-refractivity contribution in [3.05, 3.63) is 29.3 Å². The smallest absolute Gasteiger partial charge is 0.226 e. The summed E-state index contributed by atoms with van der Waals surface area (Å²) in [5, 5.41) is 9.14. The standard InChI is InChI=1S/C17H23NO3/c1-3-12-5-6-13-11-14(7-8-15(13)17(12)21)18(9-10-19)16(20)4-2/h7-8,11-12,19H,3-6,9-10H2,1-2H3. The van der Waals surface area contributed by atoms with Gasteiger partial charge in [-0.1, -0.05) is 13.8 Å². The minimum Gasteiger partial charge on any atom is -0.395 e. The third kappa shape index (κ3) is 3.16. The summed E-state index contributed by atoms with van der Waals surface area (Å²) in [4.78, 5) is 25.9. The second-order valence-corrected chi connectivity index (χ2v) is 5.47. The molecule has 4 nitrogen and oxygen atoms in total. The van der Waals surface area contributed by atoms with Crippen molar-refractivity contribution in [2.75, 3.05) is 18.1 Å². The Kier molecular flexibility index (Phi) is 5.12. The second-order valence-electron chi connectivity index (χ2n) is 5.47. The number of anilines is 1. The predicted molar refractivity (Wildman–Crippen MR) is 82.6 cm³/mol. The van der Waals surface area contributed by atoms with E-state index in [1.54, 1.807) is 11.8 Å². The van der Waals surface area contributed by atoms with Crippen molar-refractivity contribution in [1.82, 2.24) is 0 Å². The zero-order valence-electron chi connectivity index (χ0n) is 12.8. The summed E-state index contributed by atoms with van der Waals surface area (Å²) >= 11 is 0. The molecule has 1 aromatic rings. The first-order valence-corrected chi connectivity index (χ1v) is 7.70. The molecule has 0 saturated heterocycles. The Morgan fingerprint density at radius 1 is 1.38 bits per heavy atom. The number of ketones is 1. The second kappa shape index (κ2) is 6.85. The Hall–Kier alpha value is -1.68. The molecule has 0 spiro atoms. The van der Waals surface area contributed by atoms with E-state index >= 15 is 0 Å². The number of aryl methyl sites for hydroxylation is 1. The SMILES string of the molecule is CCC(=O)N(CCO)c1ccc2c(c1)CCC(CC)C2=O. The van der Waals surface area contributed by atoms with E-state index in [4.69, 9.17) is 5.11 Å². The van der Waals surface area contributed by atoms with Crippen LogP contribution in [0.15, 0.2) is 18.2 Å². The maximum Gasteiger partial charge on any atom is 0.226 e. The van der Waals surface area contributed by atoms with E-state index in [2.05, 4.69) is 0 Å². The van der Waals surface area contributed by atoms with Crippen LogP contribution in [0.4, 0.5) is 5.69 Å². The summed E-state index contributed by atoms with van der Waals surface area (Å²) in [7, 11) is 0. The monoisotopic (exact) mass is 289 g/mol. The molecule has 0 aromatic heterocycles. The number of rotatable bonds is 5. The van der Waals surface area contributed by atoms with Crippen LogP contribution >= 0.6 is 0 Å². The number of nitrogens with zero attached hydrogens (tertiary/aromatic N) is 1. The van der Waals surface area contributed by atoms with Crippen LogP contribution in [-0.2, 0) is 11.2 Å². The summed E-state index contributed by atoms with van der Waals surface area (Å²) in [6, 6.07) is 5.59. The maximum atomic E-state index is 12.3. The first kappa shape index (κ1) is 15.7. The summed E-state index contributed by atoms with van der Waals surface area (Å²) in [6.45, 7) is 4.07. The van der Waals surface area contributed by atoms with E-state index in [0.717, 1.165) is 36.1 Å². The molecule has 0 heterocycles. The van der Waals surface area contributed by atoms with Gasteiger partial charge < -0.3 is 10.0 Å². The summed E-state index contributed by atoms with van der Waals surface area (Å²) in [6.07, 6.45) is 3.03. The number of carbonyl (C=O) groups excluding carboxylic acids is 2. The van der Waals surface area contributed by atoms with Gasteiger partial charge >= 0.3 is 0 Å². The quantitative estimate of drug-likeness (QED) is 0.906. The zero-order chi connectivity index (χ0) is 15.4.